The van der Waals surface area contributed by atoms with Gasteiger partial charge in [0.2, 0.25) is 5.90 Å². The van der Waals surface area contributed by atoms with Crippen LogP contribution in [0.25, 0.3) is 17.2 Å². The number of hydrogen-bond donors (Lipinski definition) is 0. The van der Waals surface area contributed by atoms with Crippen molar-refractivity contribution in [3.8, 4) is 22.6 Å². The molecule has 190 valence electrons. The molecule has 1 heterocycles. The standard InChI is InChI=1S/C31H23BrClNO4/c1-2-36-28-18-21(16-26(32)29(28)37-19-20-7-6-10-25(33)15-20)17-27-31(35)38-30(34-27)24-13-11-23(12-14-24)22-8-4-3-5-9-22/h3-18H,2,19H2,1H3/b27-17-. The van der Waals surface area contributed by atoms with Crippen LogP contribution in [0.3, 0.4) is 0 Å². The number of aliphatic imine (C=N–C) groups is 1. The Kier molecular flexibility index (Phi) is 7.91. The lowest BCUT2D eigenvalue weighted by Gasteiger charge is -2.15. The number of rotatable bonds is 8. The zero-order valence-corrected chi connectivity index (χ0v) is 22.8. The van der Waals surface area contributed by atoms with Gasteiger partial charge in [-0.05, 0) is 87.6 Å². The Morgan fingerprint density at radius 3 is 2.37 bits per heavy atom. The topological polar surface area (TPSA) is 57.1 Å². The number of esters is 1. The molecule has 0 saturated carbocycles. The lowest BCUT2D eigenvalue weighted by Crippen LogP contribution is -2.05. The van der Waals surface area contributed by atoms with Gasteiger partial charge in [0.15, 0.2) is 17.2 Å². The van der Waals surface area contributed by atoms with Gasteiger partial charge in [0.1, 0.15) is 6.61 Å². The summed E-state index contributed by atoms with van der Waals surface area (Å²) in [5.41, 5.74) is 4.76. The molecule has 38 heavy (non-hydrogen) atoms. The van der Waals surface area contributed by atoms with E-state index >= 15 is 0 Å². The second kappa shape index (κ2) is 11.7. The van der Waals surface area contributed by atoms with E-state index in [4.69, 9.17) is 25.8 Å². The molecule has 4 aromatic rings. The van der Waals surface area contributed by atoms with E-state index in [1.165, 1.54) is 0 Å². The lowest BCUT2D eigenvalue weighted by atomic mass is 10.0. The normalized spacial score (nSPS) is 13.8. The number of nitrogens with zero attached hydrogens (tertiary/aromatic N) is 1. The number of cyclic esters (lactones) is 1. The summed E-state index contributed by atoms with van der Waals surface area (Å²) in [6.07, 6.45) is 1.67. The van der Waals surface area contributed by atoms with Gasteiger partial charge in [-0.1, -0.05) is 66.2 Å². The Morgan fingerprint density at radius 1 is 0.895 bits per heavy atom. The fourth-order valence-electron chi connectivity index (χ4n) is 3.98. The Hall–Kier alpha value is -3.87. The number of halogens is 2. The number of hydrogen-bond acceptors (Lipinski definition) is 5. The molecule has 0 radical (unpaired) electrons. The highest BCUT2D eigenvalue weighted by molar-refractivity contribution is 9.10. The highest BCUT2D eigenvalue weighted by atomic mass is 79.9. The molecule has 1 aliphatic heterocycles. The van der Waals surface area contributed by atoms with E-state index in [9.17, 15) is 4.79 Å². The van der Waals surface area contributed by atoms with Crippen molar-refractivity contribution < 1.29 is 19.0 Å². The van der Waals surface area contributed by atoms with E-state index in [1.54, 1.807) is 6.08 Å². The van der Waals surface area contributed by atoms with Crippen LogP contribution >= 0.6 is 27.5 Å². The Labute approximate surface area is 234 Å². The van der Waals surface area contributed by atoms with Crippen molar-refractivity contribution >= 4 is 45.5 Å². The third kappa shape index (κ3) is 5.98. The molecule has 0 N–H and O–H groups in total. The van der Waals surface area contributed by atoms with Crippen molar-refractivity contribution in [1.82, 2.24) is 0 Å². The van der Waals surface area contributed by atoms with E-state index in [0.717, 1.165) is 22.3 Å². The third-order valence-electron chi connectivity index (χ3n) is 5.77. The van der Waals surface area contributed by atoms with Crippen LogP contribution in [0.2, 0.25) is 5.02 Å². The number of benzene rings is 4. The molecular formula is C31H23BrClNO4. The van der Waals surface area contributed by atoms with Gasteiger partial charge >= 0.3 is 5.97 Å². The molecule has 1 aliphatic rings. The number of carbonyl (C=O) groups is 1. The Balaban J connectivity index is 1.38. The number of ether oxygens (including phenoxy) is 3. The highest BCUT2D eigenvalue weighted by Crippen LogP contribution is 2.38. The van der Waals surface area contributed by atoms with E-state index in [-0.39, 0.29) is 11.6 Å². The fourth-order valence-corrected chi connectivity index (χ4v) is 4.77. The van der Waals surface area contributed by atoms with Crippen LogP contribution in [0, 0.1) is 0 Å². The van der Waals surface area contributed by atoms with Gasteiger partial charge in [0.25, 0.3) is 0 Å². The maximum atomic E-state index is 12.6. The molecule has 0 aliphatic carbocycles. The van der Waals surface area contributed by atoms with Crippen molar-refractivity contribution in [2.75, 3.05) is 6.61 Å². The van der Waals surface area contributed by atoms with Gasteiger partial charge in [0.05, 0.1) is 11.1 Å². The first kappa shape index (κ1) is 25.8. The highest BCUT2D eigenvalue weighted by Gasteiger charge is 2.24. The van der Waals surface area contributed by atoms with Crippen molar-refractivity contribution in [3.63, 3.8) is 0 Å². The van der Waals surface area contributed by atoms with Crippen molar-refractivity contribution in [3.05, 3.63) is 123 Å². The SMILES string of the molecule is CCOc1cc(/C=C2\N=C(c3ccc(-c4ccccc4)cc3)OC2=O)cc(Br)c1OCc1cccc(Cl)c1. The molecule has 0 unspecified atom stereocenters. The second-order valence-electron chi connectivity index (χ2n) is 8.46. The summed E-state index contributed by atoms with van der Waals surface area (Å²) in [5.74, 6) is 0.863. The minimum atomic E-state index is -0.512. The summed E-state index contributed by atoms with van der Waals surface area (Å²) in [6, 6.07) is 29.0. The minimum absolute atomic E-state index is 0.203. The smallest absolute Gasteiger partial charge is 0.363 e. The average Bonchev–Trinajstić information content (AvgIpc) is 3.29. The molecule has 7 heteroatoms. The molecule has 0 bridgehead atoms. The first-order valence-corrected chi connectivity index (χ1v) is 13.2. The predicted molar refractivity (Wildman–Crippen MR) is 154 cm³/mol. The van der Waals surface area contributed by atoms with Gasteiger partial charge in [0, 0.05) is 10.6 Å². The second-order valence-corrected chi connectivity index (χ2v) is 9.75. The van der Waals surface area contributed by atoms with Crippen LogP contribution in [0.1, 0.15) is 23.6 Å². The number of carbonyl (C=O) groups excluding carboxylic acids is 1. The van der Waals surface area contributed by atoms with Gasteiger partial charge < -0.3 is 14.2 Å². The van der Waals surface area contributed by atoms with Gasteiger partial charge in [-0.25, -0.2) is 9.79 Å². The van der Waals surface area contributed by atoms with E-state index in [1.807, 2.05) is 97.9 Å². The van der Waals surface area contributed by atoms with E-state index < -0.39 is 5.97 Å². The average molecular weight is 589 g/mol. The first-order valence-electron chi connectivity index (χ1n) is 12.0. The summed E-state index contributed by atoms with van der Waals surface area (Å²) >= 11 is 9.67. The van der Waals surface area contributed by atoms with Crippen LogP contribution in [0.15, 0.2) is 106 Å². The fraction of sp³-hybridized carbons (Fsp3) is 0.0968. The minimum Gasteiger partial charge on any atom is -0.490 e. The van der Waals surface area contributed by atoms with Crippen LogP contribution in [0.4, 0.5) is 0 Å². The molecule has 5 nitrogen and oxygen atoms in total. The molecule has 0 aromatic heterocycles. The summed E-state index contributed by atoms with van der Waals surface area (Å²) in [6.45, 7) is 2.67. The van der Waals surface area contributed by atoms with E-state index in [0.29, 0.717) is 39.8 Å². The van der Waals surface area contributed by atoms with Gasteiger partial charge in [-0.15, -0.1) is 0 Å². The predicted octanol–water partition coefficient (Wildman–Crippen LogP) is 8.09. The van der Waals surface area contributed by atoms with Crippen LogP contribution < -0.4 is 9.47 Å². The molecular weight excluding hydrogens is 566 g/mol. The maximum absolute atomic E-state index is 12.6. The van der Waals surface area contributed by atoms with Crippen molar-refractivity contribution in [1.29, 1.82) is 0 Å². The molecule has 4 aromatic carbocycles. The molecule has 0 atom stereocenters. The summed E-state index contributed by atoms with van der Waals surface area (Å²) in [7, 11) is 0. The molecule has 5 rings (SSSR count). The molecule has 0 fully saturated rings. The van der Waals surface area contributed by atoms with Crippen molar-refractivity contribution in [2.24, 2.45) is 4.99 Å². The van der Waals surface area contributed by atoms with Crippen LogP contribution in [-0.2, 0) is 16.1 Å². The zero-order chi connectivity index (χ0) is 26.5. The van der Waals surface area contributed by atoms with Crippen LogP contribution in [-0.4, -0.2) is 18.5 Å². The molecule has 0 saturated heterocycles. The monoisotopic (exact) mass is 587 g/mol. The summed E-state index contributed by atoms with van der Waals surface area (Å²) < 4.78 is 18.0. The Bertz CT molecular complexity index is 1530. The summed E-state index contributed by atoms with van der Waals surface area (Å²) in [5, 5.41) is 0.646. The van der Waals surface area contributed by atoms with Gasteiger partial charge in [-0.3, -0.25) is 0 Å². The van der Waals surface area contributed by atoms with Crippen LogP contribution in [0.5, 0.6) is 11.5 Å². The lowest BCUT2D eigenvalue weighted by molar-refractivity contribution is -0.129. The third-order valence-corrected chi connectivity index (χ3v) is 6.59. The van der Waals surface area contributed by atoms with Gasteiger partial charge in [-0.2, -0.15) is 0 Å². The zero-order valence-electron chi connectivity index (χ0n) is 20.5. The quantitative estimate of drug-likeness (QED) is 0.154. The summed E-state index contributed by atoms with van der Waals surface area (Å²) in [4.78, 5) is 17.1. The van der Waals surface area contributed by atoms with Crippen molar-refractivity contribution in [2.45, 2.75) is 13.5 Å². The Morgan fingerprint density at radius 2 is 1.63 bits per heavy atom. The first-order chi connectivity index (χ1) is 18.5. The molecule has 0 spiro atoms. The molecule has 0 amide bonds. The largest absolute Gasteiger partial charge is 0.490 e. The maximum Gasteiger partial charge on any atom is 0.363 e. The van der Waals surface area contributed by atoms with E-state index in [2.05, 4.69) is 20.9 Å².